The highest BCUT2D eigenvalue weighted by atomic mass is 16.4. The summed E-state index contributed by atoms with van der Waals surface area (Å²) in [5, 5.41) is 37.9. The summed E-state index contributed by atoms with van der Waals surface area (Å²) in [6.45, 7) is 11.0. The first-order valence-corrected chi connectivity index (χ1v) is 38.8. The number of aliphatic imine (C=N–C) groups is 6. The summed E-state index contributed by atoms with van der Waals surface area (Å²) in [6.07, 6.45) is 15.2. The second-order valence-electron chi connectivity index (χ2n) is 28.1. The van der Waals surface area contributed by atoms with Gasteiger partial charge in [0.15, 0.2) is 35.8 Å². The van der Waals surface area contributed by atoms with Crippen molar-refractivity contribution in [3.05, 3.63) is 0 Å². The number of guanidine groups is 6. The van der Waals surface area contributed by atoms with Gasteiger partial charge in [0.05, 0.1) is 0 Å². The lowest BCUT2D eigenvalue weighted by atomic mass is 10.0. The zero-order valence-corrected chi connectivity index (χ0v) is 66.7. The average Bonchev–Trinajstić information content (AvgIpc) is 0.861. The number of aliphatic carboxylic acids is 1. The minimum atomic E-state index is -1.45. The lowest BCUT2D eigenvalue weighted by Gasteiger charge is -2.28. The van der Waals surface area contributed by atoms with Crippen molar-refractivity contribution in [2.75, 3.05) is 39.3 Å². The van der Waals surface area contributed by atoms with Crippen molar-refractivity contribution in [1.29, 1.82) is 0 Å². The molecule has 112 heavy (non-hydrogen) atoms. The third-order valence-electron chi connectivity index (χ3n) is 17.3. The minimum Gasteiger partial charge on any atom is -0.480 e. The predicted octanol–water partition coefficient (Wildman–Crippen LogP) is -4.67. The zero-order chi connectivity index (χ0) is 84.7. The molecule has 638 valence electrons. The van der Waals surface area contributed by atoms with Crippen molar-refractivity contribution in [3.63, 3.8) is 0 Å². The van der Waals surface area contributed by atoms with E-state index in [1.54, 1.807) is 13.8 Å². The minimum absolute atomic E-state index is 0.00466. The molecule has 42 heteroatoms. The van der Waals surface area contributed by atoms with E-state index < -0.39 is 132 Å². The van der Waals surface area contributed by atoms with Gasteiger partial charge in [-0.1, -0.05) is 97.8 Å². The Morgan fingerprint density at radius 2 is 0.464 bits per heavy atom. The van der Waals surface area contributed by atoms with Gasteiger partial charge in [-0.2, -0.15) is 0 Å². The quantitative estimate of drug-likeness (QED) is 0.0155. The third-order valence-corrected chi connectivity index (χ3v) is 17.3. The van der Waals surface area contributed by atoms with Crippen LogP contribution in [0.1, 0.15) is 222 Å². The molecule has 0 aromatic rings. The molecule has 0 radical (unpaired) electrons. The van der Waals surface area contributed by atoms with Crippen molar-refractivity contribution in [2.24, 2.45) is 105 Å². The highest BCUT2D eigenvalue weighted by Crippen LogP contribution is 2.16. The molecule has 36 N–H and O–H groups in total. The molecule has 0 rings (SSSR count). The maximum atomic E-state index is 14.6. The number of carboxylic acid groups (broad SMARTS) is 1. The Morgan fingerprint density at radius 1 is 0.259 bits per heavy atom. The topological polar surface area (TPSA) is 744 Å². The molecule has 0 heterocycles. The van der Waals surface area contributed by atoms with Gasteiger partial charge in [0, 0.05) is 45.7 Å². The van der Waals surface area contributed by atoms with Crippen molar-refractivity contribution >= 4 is 107 Å². The fraction of sp³-hybridized carbons (Fsp3) is 0.743. The third kappa shape index (κ3) is 50.1. The number of hydrogen-bond donors (Lipinski definition) is 24. The van der Waals surface area contributed by atoms with Crippen LogP contribution in [-0.4, -0.2) is 218 Å². The van der Waals surface area contributed by atoms with Crippen molar-refractivity contribution in [3.8, 4) is 0 Å². The smallest absolute Gasteiger partial charge is 0.325 e. The van der Waals surface area contributed by atoms with E-state index in [1.165, 1.54) is 79.1 Å². The maximum absolute atomic E-state index is 14.6. The van der Waals surface area contributed by atoms with Crippen molar-refractivity contribution in [1.82, 2.24) is 58.5 Å². The Labute approximate surface area is 657 Å². The van der Waals surface area contributed by atoms with Crippen LogP contribution in [0, 0.1) is 5.92 Å². The van der Waals surface area contributed by atoms with Gasteiger partial charge in [0.25, 0.3) is 0 Å². The SMILES string of the molecule is CCCCCCCCCCCCCCCC(=O)N[C@@H](CCCN=C(N)N)C(=O)N[C@@H](CCCN=C(N)N)C(=O)N[C@@H](CC(C)C)C(=O)N[C@@H](CCCN=C(N)N)C(=O)N[C@@H](C)C(=O)N[C@@H](CCCN=C(N)N)C(=O)N[C@@H](C)C(=O)N[C@@H](CCCN=C(N)N)C(=O)N[C@@H](C)C(=O)N[C@@H](CCCN=C(N)N)C(=O)N[C@@H](C)C(=O)O. The predicted molar refractivity (Wildman–Crippen MR) is 431 cm³/mol. The first-order chi connectivity index (χ1) is 52.9. The van der Waals surface area contributed by atoms with E-state index in [-0.39, 0.29) is 177 Å². The van der Waals surface area contributed by atoms with E-state index in [4.69, 9.17) is 68.8 Å². The lowest BCUT2D eigenvalue weighted by Crippen LogP contribution is -2.60. The number of nitrogens with zero attached hydrogens (tertiary/aromatic N) is 6. The Hall–Kier alpha value is -10.7. The fourth-order valence-corrected chi connectivity index (χ4v) is 11.1. The molecule has 0 fully saturated rings. The van der Waals surface area contributed by atoms with Crippen molar-refractivity contribution in [2.45, 2.75) is 288 Å². The van der Waals surface area contributed by atoms with Crippen LogP contribution in [0.3, 0.4) is 0 Å². The normalized spacial score (nSPS) is 13.8. The molecule has 0 spiro atoms. The van der Waals surface area contributed by atoms with Crippen LogP contribution in [0.15, 0.2) is 30.0 Å². The Morgan fingerprint density at radius 3 is 0.705 bits per heavy atom. The second kappa shape index (κ2) is 59.1. The molecule has 0 saturated heterocycles. The number of unbranched alkanes of at least 4 members (excludes halogenated alkanes) is 12. The number of nitrogens with one attached hydrogen (secondary N) is 11. The molecule has 11 amide bonds. The number of hydrogen-bond acceptors (Lipinski definition) is 18. The summed E-state index contributed by atoms with van der Waals surface area (Å²) in [6, 6.07) is -15.0. The Kier molecular flexibility index (Phi) is 53.5. The summed E-state index contributed by atoms with van der Waals surface area (Å²) in [4.78, 5) is 190. The van der Waals surface area contributed by atoms with Crippen molar-refractivity contribution < 1.29 is 62.6 Å². The van der Waals surface area contributed by atoms with Gasteiger partial charge in [0.2, 0.25) is 65.0 Å². The summed E-state index contributed by atoms with van der Waals surface area (Å²) >= 11 is 0. The molecule has 0 aliphatic carbocycles. The van der Waals surface area contributed by atoms with Gasteiger partial charge in [-0.3, -0.25) is 87.5 Å². The van der Waals surface area contributed by atoms with Crippen LogP contribution in [-0.2, 0) is 57.5 Å². The lowest BCUT2D eigenvalue weighted by molar-refractivity contribution is -0.142. The van der Waals surface area contributed by atoms with Crippen LogP contribution in [0.2, 0.25) is 0 Å². The molecular weight excluding hydrogens is 1450 g/mol. The summed E-state index contributed by atoms with van der Waals surface area (Å²) < 4.78 is 0. The van der Waals surface area contributed by atoms with Crippen LogP contribution in [0.5, 0.6) is 0 Å². The molecule has 0 saturated carbocycles. The standard InChI is InChI=1S/C70H135N29O13/c1-8-9-10-11-12-13-14-15-16-17-18-19-20-33-53(100)93-46(27-21-34-83-65(71)72)61(108)97-51(32-26-39-88-70(81)82)62(109)99-52(40-41(2)3)63(110)98-50(31-25-38-87-69(79)80)59(106)91-44(6)55(102)95-48(29-23-36-85-67(75)76)57(104)89-42(4)54(101)94-47(28-22-35-84-66(73)74)58(105)90-43(5)56(103)96-49(30-24-37-86-68(77)78)60(107)92-45(7)64(111)112/h41-52H,8-40H2,1-7H3,(H,89,104)(H,90,105)(H,91,106)(H,92,107)(H,93,100)(H,94,101)(H,95,102)(H,96,103)(H,97,108)(H,98,110)(H,99,109)(H,111,112)(H4,71,72,83)(H4,73,74,84)(H4,75,76,85)(H4,77,78,86)(H4,79,80,87)(H4,81,82,88)/t42-,43-,44-,45-,46-,47-,48-,49-,50-,51-,52-/m0/s1. The monoisotopic (exact) mass is 1590 g/mol. The maximum Gasteiger partial charge on any atom is 0.325 e. The number of carboxylic acids is 1. The summed E-state index contributed by atoms with van der Waals surface area (Å²) in [5.41, 5.74) is 66.4. The number of carbonyl (C=O) groups excluding carboxylic acids is 11. The van der Waals surface area contributed by atoms with Gasteiger partial charge in [0.1, 0.15) is 66.5 Å². The highest BCUT2D eigenvalue weighted by molar-refractivity contribution is 5.99. The van der Waals surface area contributed by atoms with Gasteiger partial charge >= 0.3 is 5.97 Å². The van der Waals surface area contributed by atoms with Crippen LogP contribution >= 0.6 is 0 Å². The largest absolute Gasteiger partial charge is 0.480 e. The first-order valence-electron chi connectivity index (χ1n) is 38.8. The average molecular weight is 1590 g/mol. The molecule has 0 bridgehead atoms. The first kappa shape index (κ1) is 101. The van der Waals surface area contributed by atoms with Crippen LogP contribution < -0.4 is 127 Å². The Bertz CT molecular complexity index is 3090. The highest BCUT2D eigenvalue weighted by Gasteiger charge is 2.35. The Balaban J connectivity index is 6.89. The number of nitrogens with two attached hydrogens (primary N) is 12. The zero-order valence-electron chi connectivity index (χ0n) is 66.7. The molecule has 42 nitrogen and oxygen atoms in total. The van der Waals surface area contributed by atoms with Gasteiger partial charge in [-0.05, 0) is 124 Å². The van der Waals surface area contributed by atoms with Gasteiger partial charge < -0.3 is 132 Å². The molecule has 0 aromatic heterocycles. The van der Waals surface area contributed by atoms with E-state index >= 15 is 0 Å². The van der Waals surface area contributed by atoms with Gasteiger partial charge in [-0.25, -0.2) is 0 Å². The van der Waals surface area contributed by atoms with E-state index in [2.05, 4.69) is 95.4 Å². The molecule has 0 aromatic carbocycles. The van der Waals surface area contributed by atoms with Gasteiger partial charge in [-0.15, -0.1) is 0 Å². The number of carbonyl (C=O) groups is 12. The summed E-state index contributed by atoms with van der Waals surface area (Å²) in [7, 11) is 0. The fourth-order valence-electron chi connectivity index (χ4n) is 11.1. The molecule has 0 aliphatic rings. The van der Waals surface area contributed by atoms with E-state index in [9.17, 15) is 62.6 Å². The molecular formula is C70H135N29O13. The molecule has 0 unspecified atom stereocenters. The van der Waals surface area contributed by atoms with Crippen LogP contribution in [0.25, 0.3) is 0 Å². The summed E-state index contributed by atoms with van der Waals surface area (Å²) in [5.74, 6) is -12.0. The van der Waals surface area contributed by atoms with E-state index in [1.807, 2.05) is 0 Å². The number of rotatable bonds is 62. The second-order valence-corrected chi connectivity index (χ2v) is 28.1. The molecule has 0 aliphatic heterocycles. The van der Waals surface area contributed by atoms with E-state index in [0.29, 0.717) is 6.42 Å². The number of amides is 11. The van der Waals surface area contributed by atoms with Crippen LogP contribution in [0.4, 0.5) is 0 Å². The molecule has 11 atom stereocenters. The van der Waals surface area contributed by atoms with E-state index in [0.717, 1.165) is 25.7 Å².